The Bertz CT molecular complexity index is 412. The number of likely N-dealkylation sites (N-methyl/N-ethyl adjacent to an activating group) is 1. The fraction of sp³-hybridized carbons (Fsp3) is 0.733. The van der Waals surface area contributed by atoms with Gasteiger partial charge >= 0.3 is 0 Å². The molecule has 0 saturated carbocycles. The summed E-state index contributed by atoms with van der Waals surface area (Å²) in [6, 6.07) is 0.485. The van der Waals surface area contributed by atoms with Gasteiger partial charge in [0.1, 0.15) is 0 Å². The molecule has 2 rings (SSSR count). The van der Waals surface area contributed by atoms with Crippen LogP contribution in [0.15, 0.2) is 12.4 Å². The molecule has 1 unspecified atom stereocenters. The zero-order valence-electron chi connectivity index (χ0n) is 13.1. The monoisotopic (exact) mass is 293 g/mol. The third-order valence-electron chi connectivity index (χ3n) is 4.24. The van der Waals surface area contributed by atoms with E-state index in [0.29, 0.717) is 19.0 Å². The molecule has 1 atom stereocenters. The van der Waals surface area contributed by atoms with Crippen LogP contribution in [0.1, 0.15) is 25.3 Å². The number of piperazine rings is 1. The summed E-state index contributed by atoms with van der Waals surface area (Å²) in [6.45, 7) is 7.38. The molecular formula is C15H27N5O. The highest BCUT2D eigenvalue weighted by atomic mass is 16.1. The van der Waals surface area contributed by atoms with Gasteiger partial charge in [0.05, 0.1) is 6.20 Å². The molecule has 1 fully saturated rings. The number of hydrogen-bond acceptors (Lipinski definition) is 4. The smallest absolute Gasteiger partial charge is 0.220 e. The van der Waals surface area contributed by atoms with Gasteiger partial charge in [-0.2, -0.15) is 5.10 Å². The number of aromatic nitrogens is 2. The van der Waals surface area contributed by atoms with Crippen molar-refractivity contribution in [3.8, 4) is 0 Å². The fourth-order valence-corrected chi connectivity index (χ4v) is 2.63. The molecule has 0 aromatic carbocycles. The van der Waals surface area contributed by atoms with Crippen LogP contribution >= 0.6 is 0 Å². The Hall–Kier alpha value is -1.40. The second-order valence-corrected chi connectivity index (χ2v) is 5.93. The van der Waals surface area contributed by atoms with Crippen molar-refractivity contribution in [1.29, 1.82) is 0 Å². The molecule has 2 heterocycles. The summed E-state index contributed by atoms with van der Waals surface area (Å²) in [4.78, 5) is 16.7. The number of amides is 1. The van der Waals surface area contributed by atoms with Gasteiger partial charge in [-0.3, -0.25) is 14.8 Å². The average Bonchev–Trinajstić information content (AvgIpc) is 2.99. The van der Waals surface area contributed by atoms with E-state index >= 15 is 0 Å². The van der Waals surface area contributed by atoms with Crippen LogP contribution in [0.4, 0.5) is 0 Å². The number of H-pyrrole nitrogens is 1. The molecule has 118 valence electrons. The summed E-state index contributed by atoms with van der Waals surface area (Å²) in [5.74, 6) is 0.152. The van der Waals surface area contributed by atoms with Crippen molar-refractivity contribution >= 4 is 5.91 Å². The van der Waals surface area contributed by atoms with Crippen LogP contribution in [-0.4, -0.2) is 71.7 Å². The maximum Gasteiger partial charge on any atom is 0.220 e. The van der Waals surface area contributed by atoms with Gasteiger partial charge in [0.15, 0.2) is 0 Å². The van der Waals surface area contributed by atoms with Crippen molar-refractivity contribution in [3.63, 3.8) is 0 Å². The van der Waals surface area contributed by atoms with E-state index in [9.17, 15) is 4.79 Å². The van der Waals surface area contributed by atoms with Crippen LogP contribution < -0.4 is 5.32 Å². The van der Waals surface area contributed by atoms with E-state index in [1.54, 1.807) is 6.20 Å². The minimum absolute atomic E-state index is 0.152. The predicted molar refractivity (Wildman–Crippen MR) is 83.1 cm³/mol. The van der Waals surface area contributed by atoms with Gasteiger partial charge in [-0.1, -0.05) is 0 Å². The third kappa shape index (κ3) is 5.47. The molecule has 1 saturated heterocycles. The van der Waals surface area contributed by atoms with Crippen molar-refractivity contribution in [2.24, 2.45) is 0 Å². The lowest BCUT2D eigenvalue weighted by molar-refractivity contribution is -0.121. The maximum absolute atomic E-state index is 11.8. The summed E-state index contributed by atoms with van der Waals surface area (Å²) in [5.41, 5.74) is 1.13. The standard InChI is InChI=1S/C15H27N5O/c1-13(20-9-7-19(2)8-10-20)3-4-15(21)16-6-5-14-11-17-18-12-14/h11-13H,3-10H2,1-2H3,(H,16,21)(H,17,18). The highest BCUT2D eigenvalue weighted by Gasteiger charge is 2.19. The van der Waals surface area contributed by atoms with E-state index in [1.165, 1.54) is 0 Å². The molecule has 0 radical (unpaired) electrons. The summed E-state index contributed by atoms with van der Waals surface area (Å²) < 4.78 is 0. The fourth-order valence-electron chi connectivity index (χ4n) is 2.63. The van der Waals surface area contributed by atoms with E-state index in [1.807, 2.05) is 6.20 Å². The van der Waals surface area contributed by atoms with Crippen molar-refractivity contribution in [1.82, 2.24) is 25.3 Å². The first kappa shape index (κ1) is 16.0. The Morgan fingerprint density at radius 2 is 2.19 bits per heavy atom. The third-order valence-corrected chi connectivity index (χ3v) is 4.24. The number of carbonyl (C=O) groups excluding carboxylic acids is 1. The van der Waals surface area contributed by atoms with Gasteiger partial charge in [0.2, 0.25) is 5.91 Å². The lowest BCUT2D eigenvalue weighted by Gasteiger charge is -2.36. The van der Waals surface area contributed by atoms with E-state index in [0.717, 1.165) is 44.6 Å². The zero-order chi connectivity index (χ0) is 15.1. The number of nitrogens with zero attached hydrogens (tertiary/aromatic N) is 3. The van der Waals surface area contributed by atoms with E-state index in [4.69, 9.17) is 0 Å². The van der Waals surface area contributed by atoms with Crippen molar-refractivity contribution in [2.75, 3.05) is 39.8 Å². The normalized spacial score (nSPS) is 18.6. The number of nitrogens with one attached hydrogen (secondary N) is 2. The molecule has 6 nitrogen and oxygen atoms in total. The number of hydrogen-bond donors (Lipinski definition) is 2. The SMILES string of the molecule is CC(CCC(=O)NCCc1cn[nH]c1)N1CCN(C)CC1. The van der Waals surface area contributed by atoms with E-state index in [2.05, 4.69) is 39.3 Å². The molecule has 1 aromatic heterocycles. The molecule has 1 amide bonds. The first-order valence-corrected chi connectivity index (χ1v) is 7.82. The molecular weight excluding hydrogens is 266 g/mol. The Kier molecular flexibility index (Phi) is 6.20. The second kappa shape index (κ2) is 8.14. The van der Waals surface area contributed by atoms with Gasteiger partial charge in [0.25, 0.3) is 0 Å². The minimum Gasteiger partial charge on any atom is -0.356 e. The van der Waals surface area contributed by atoms with Crippen molar-refractivity contribution in [3.05, 3.63) is 18.0 Å². The Morgan fingerprint density at radius 3 is 2.86 bits per heavy atom. The molecule has 0 spiro atoms. The maximum atomic E-state index is 11.8. The van der Waals surface area contributed by atoms with Gasteiger partial charge in [0, 0.05) is 51.4 Å². The minimum atomic E-state index is 0.152. The molecule has 1 aliphatic heterocycles. The lowest BCUT2D eigenvalue weighted by atomic mass is 10.1. The molecule has 6 heteroatoms. The first-order valence-electron chi connectivity index (χ1n) is 7.82. The molecule has 0 aliphatic carbocycles. The first-order chi connectivity index (χ1) is 10.1. The van der Waals surface area contributed by atoms with Crippen molar-refractivity contribution < 1.29 is 4.79 Å². The van der Waals surface area contributed by atoms with Crippen LogP contribution in [0, 0.1) is 0 Å². The Balaban J connectivity index is 1.57. The van der Waals surface area contributed by atoms with E-state index < -0.39 is 0 Å². The van der Waals surface area contributed by atoms with Gasteiger partial charge in [-0.15, -0.1) is 0 Å². The molecule has 2 N–H and O–H groups in total. The van der Waals surface area contributed by atoms with Gasteiger partial charge in [-0.05, 0) is 32.4 Å². The number of carbonyl (C=O) groups is 1. The topological polar surface area (TPSA) is 64.3 Å². The Morgan fingerprint density at radius 1 is 1.43 bits per heavy atom. The van der Waals surface area contributed by atoms with E-state index in [-0.39, 0.29) is 5.91 Å². The molecule has 0 bridgehead atoms. The number of rotatable bonds is 7. The summed E-state index contributed by atoms with van der Waals surface area (Å²) in [5, 5.41) is 9.64. The van der Waals surface area contributed by atoms with Crippen molar-refractivity contribution in [2.45, 2.75) is 32.2 Å². The van der Waals surface area contributed by atoms with Crippen LogP contribution in [0.25, 0.3) is 0 Å². The number of aromatic amines is 1. The highest BCUT2D eigenvalue weighted by molar-refractivity contribution is 5.75. The highest BCUT2D eigenvalue weighted by Crippen LogP contribution is 2.09. The largest absolute Gasteiger partial charge is 0.356 e. The summed E-state index contributed by atoms with van der Waals surface area (Å²) in [6.07, 6.45) is 6.03. The average molecular weight is 293 g/mol. The van der Waals surface area contributed by atoms with Crippen LogP contribution in [-0.2, 0) is 11.2 Å². The zero-order valence-corrected chi connectivity index (χ0v) is 13.1. The van der Waals surface area contributed by atoms with Gasteiger partial charge < -0.3 is 10.2 Å². The quantitative estimate of drug-likeness (QED) is 0.768. The molecule has 21 heavy (non-hydrogen) atoms. The summed E-state index contributed by atoms with van der Waals surface area (Å²) >= 11 is 0. The van der Waals surface area contributed by atoms with Gasteiger partial charge in [-0.25, -0.2) is 0 Å². The second-order valence-electron chi connectivity index (χ2n) is 5.93. The van der Waals surface area contributed by atoms with Crippen LogP contribution in [0.5, 0.6) is 0 Å². The van der Waals surface area contributed by atoms with Crippen LogP contribution in [0.2, 0.25) is 0 Å². The summed E-state index contributed by atoms with van der Waals surface area (Å²) in [7, 11) is 2.16. The van der Waals surface area contributed by atoms with Crippen LogP contribution in [0.3, 0.4) is 0 Å². The lowest BCUT2D eigenvalue weighted by Crippen LogP contribution is -2.48. The molecule has 1 aromatic rings. The molecule has 1 aliphatic rings. The Labute approximate surface area is 126 Å². The predicted octanol–water partition coefficient (Wildman–Crippen LogP) is 0.485.